The van der Waals surface area contributed by atoms with Gasteiger partial charge in [-0.2, -0.15) is 0 Å². The smallest absolute Gasteiger partial charge is 0.334 e. The van der Waals surface area contributed by atoms with Gasteiger partial charge in [-0.05, 0) is 69.6 Å². The Morgan fingerprint density at radius 1 is 0.846 bits per heavy atom. The first-order valence-electron chi connectivity index (χ1n) is 15.0. The zero-order chi connectivity index (χ0) is 26.7. The lowest BCUT2D eigenvalue weighted by atomic mass is 9.68. The van der Waals surface area contributed by atoms with Crippen LogP contribution in [0.5, 0.6) is 5.75 Å². The number of methoxy groups -OCH3 is 1. The molecule has 2 saturated carbocycles. The fourth-order valence-electron chi connectivity index (χ4n) is 8.76. The van der Waals surface area contributed by atoms with E-state index < -0.39 is 11.2 Å². The van der Waals surface area contributed by atoms with E-state index in [1.165, 1.54) is 71.1 Å². The maximum atomic E-state index is 14.2. The minimum absolute atomic E-state index is 0.0209. The van der Waals surface area contributed by atoms with Gasteiger partial charge in [0.2, 0.25) is 11.6 Å². The fraction of sp³-hybridized carbons (Fsp3) is 0.667. The summed E-state index contributed by atoms with van der Waals surface area (Å²) in [6.07, 6.45) is 21.1. The molecule has 0 spiro atoms. The molecule has 39 heavy (non-hydrogen) atoms. The summed E-state index contributed by atoms with van der Waals surface area (Å²) < 4.78 is 8.23. The number of nitrogens with one attached hydrogen (secondary N) is 1. The van der Waals surface area contributed by atoms with Crippen molar-refractivity contribution < 1.29 is 4.74 Å². The van der Waals surface area contributed by atoms with Crippen molar-refractivity contribution in [2.75, 3.05) is 7.11 Å². The molecule has 2 saturated heterocycles. The monoisotopic (exact) mass is 533 g/mol. The number of aromatic nitrogens is 4. The molecule has 9 nitrogen and oxygen atoms in total. The van der Waals surface area contributed by atoms with Gasteiger partial charge in [-0.3, -0.25) is 19.5 Å². The van der Waals surface area contributed by atoms with E-state index in [9.17, 15) is 14.4 Å². The normalized spacial score (nSPS) is 32.0. The molecule has 3 aliphatic carbocycles. The first kappa shape index (κ1) is 25.1. The molecule has 4 heterocycles. The minimum atomic E-state index is -0.689. The lowest BCUT2D eigenvalue weighted by Crippen LogP contribution is -2.60. The van der Waals surface area contributed by atoms with Crippen LogP contribution in [0.2, 0.25) is 0 Å². The van der Waals surface area contributed by atoms with Gasteiger partial charge in [-0.1, -0.05) is 37.8 Å². The Hall–Kier alpha value is -2.94. The number of hydrogen-bond donors (Lipinski definition) is 1. The van der Waals surface area contributed by atoms with Crippen LogP contribution in [0.3, 0.4) is 0 Å². The van der Waals surface area contributed by atoms with Crippen LogP contribution in [0.1, 0.15) is 89.5 Å². The molecule has 2 aliphatic heterocycles. The van der Waals surface area contributed by atoms with Gasteiger partial charge >= 0.3 is 5.69 Å². The highest BCUT2D eigenvalue weighted by Crippen LogP contribution is 2.47. The van der Waals surface area contributed by atoms with Gasteiger partial charge in [0.1, 0.15) is 0 Å². The van der Waals surface area contributed by atoms with Crippen LogP contribution in [0.25, 0.3) is 18.0 Å². The van der Waals surface area contributed by atoms with Crippen LogP contribution in [0, 0.1) is 11.8 Å². The van der Waals surface area contributed by atoms with Crippen LogP contribution in [0.4, 0.5) is 0 Å². The molecule has 4 unspecified atom stereocenters. The number of rotatable bonds is 4. The quantitative estimate of drug-likeness (QED) is 0.645. The molecule has 0 radical (unpaired) electrons. The van der Waals surface area contributed by atoms with Crippen LogP contribution < -0.4 is 32.2 Å². The van der Waals surface area contributed by atoms with Crippen molar-refractivity contribution in [2.45, 2.75) is 108 Å². The summed E-state index contributed by atoms with van der Waals surface area (Å²) in [5.74, 6) is 1.79. The summed E-state index contributed by atoms with van der Waals surface area (Å²) in [6.45, 7) is 0. The predicted molar refractivity (Wildman–Crippen MR) is 149 cm³/mol. The summed E-state index contributed by atoms with van der Waals surface area (Å²) >= 11 is 0. The maximum absolute atomic E-state index is 14.2. The number of nitrogens with zero attached hydrogens (tertiary/aromatic N) is 4. The first-order valence-corrected chi connectivity index (χ1v) is 15.0. The van der Waals surface area contributed by atoms with E-state index in [1.54, 1.807) is 0 Å². The molecule has 4 bridgehead atoms. The highest BCUT2D eigenvalue weighted by molar-refractivity contribution is 5.36. The average Bonchev–Trinajstić information content (AvgIpc) is 2.92. The number of H-pyrrole nitrogens is 1. The van der Waals surface area contributed by atoms with Gasteiger partial charge in [0.15, 0.2) is 0 Å². The molecule has 4 fully saturated rings. The lowest BCUT2D eigenvalue weighted by Gasteiger charge is -2.55. The Morgan fingerprint density at radius 2 is 1.54 bits per heavy atom. The Bertz CT molecular complexity index is 1550. The Kier molecular flexibility index (Phi) is 6.37. The van der Waals surface area contributed by atoms with Crippen molar-refractivity contribution >= 4 is 12.2 Å². The second-order valence-electron chi connectivity index (χ2n) is 12.5. The molecule has 0 amide bonds. The Labute approximate surface area is 227 Å². The predicted octanol–water partition coefficient (Wildman–Crippen LogP) is 1.97. The van der Waals surface area contributed by atoms with E-state index >= 15 is 0 Å². The standard InChI is InChI=1S/C30H39N5O4/c1-39-26-17-33(30(38)32-28(26)36)27-29(37)35(25-11-3-2-10-24(25)31-27)23-15-20-8-5-9-21(16-23)34(20)22-13-18-6-4-7-19(12-18)14-22/h10-11,17-23H,2-9,12-16H2,1H3,(H,32,36,38). The number of piperidine rings is 2. The summed E-state index contributed by atoms with van der Waals surface area (Å²) in [6, 6.07) is 1.74. The number of fused-ring (bicyclic) bond motifs is 5. The molecule has 208 valence electrons. The number of ether oxygens (including phenoxy) is 1. The number of hydrogen-bond acceptors (Lipinski definition) is 6. The molecular weight excluding hydrogens is 494 g/mol. The Morgan fingerprint density at radius 3 is 2.26 bits per heavy atom. The average molecular weight is 534 g/mol. The third kappa shape index (κ3) is 4.33. The first-order chi connectivity index (χ1) is 19.0. The summed E-state index contributed by atoms with van der Waals surface area (Å²) in [5, 5.41) is 1.61. The van der Waals surface area contributed by atoms with Gasteiger partial charge in [0, 0.05) is 24.2 Å². The van der Waals surface area contributed by atoms with Gasteiger partial charge in [0.25, 0.3) is 11.1 Å². The Balaban J connectivity index is 1.29. The van der Waals surface area contributed by atoms with Gasteiger partial charge < -0.3 is 9.30 Å². The molecular formula is C30H39N5O4. The van der Waals surface area contributed by atoms with Crippen LogP contribution >= 0.6 is 0 Å². The highest BCUT2D eigenvalue weighted by atomic mass is 16.5. The molecule has 5 aliphatic rings. The molecule has 7 rings (SSSR count). The zero-order valence-electron chi connectivity index (χ0n) is 22.8. The van der Waals surface area contributed by atoms with E-state index in [2.05, 4.69) is 27.0 Å². The van der Waals surface area contributed by atoms with Crippen molar-refractivity contribution in [3.8, 4) is 11.6 Å². The molecule has 4 atom stereocenters. The summed E-state index contributed by atoms with van der Waals surface area (Å²) in [4.78, 5) is 48.9. The van der Waals surface area contributed by atoms with E-state index in [-0.39, 0.29) is 23.2 Å². The van der Waals surface area contributed by atoms with Gasteiger partial charge in [-0.25, -0.2) is 14.3 Å². The summed E-state index contributed by atoms with van der Waals surface area (Å²) in [7, 11) is 1.37. The molecule has 9 heteroatoms. The third-order valence-electron chi connectivity index (χ3n) is 10.3. The van der Waals surface area contributed by atoms with Crippen LogP contribution in [-0.2, 0) is 0 Å². The molecule has 0 aromatic carbocycles. The van der Waals surface area contributed by atoms with E-state index in [1.807, 2.05) is 4.57 Å². The largest absolute Gasteiger partial charge is 0.490 e. The number of aromatic amines is 1. The molecule has 1 N–H and O–H groups in total. The van der Waals surface area contributed by atoms with E-state index in [0.717, 1.165) is 52.8 Å². The minimum Gasteiger partial charge on any atom is -0.490 e. The van der Waals surface area contributed by atoms with E-state index in [0.29, 0.717) is 18.1 Å². The lowest BCUT2D eigenvalue weighted by molar-refractivity contribution is -0.0494. The van der Waals surface area contributed by atoms with Gasteiger partial charge in [0.05, 0.1) is 24.0 Å². The van der Waals surface area contributed by atoms with Crippen LogP contribution in [0.15, 0.2) is 20.6 Å². The molecule has 2 aromatic heterocycles. The third-order valence-corrected chi connectivity index (χ3v) is 10.3. The van der Waals surface area contributed by atoms with Crippen molar-refractivity contribution in [2.24, 2.45) is 11.8 Å². The van der Waals surface area contributed by atoms with Crippen molar-refractivity contribution in [1.82, 2.24) is 24.0 Å². The molecule has 2 aromatic rings. The highest BCUT2D eigenvalue weighted by Gasteiger charge is 2.45. The summed E-state index contributed by atoms with van der Waals surface area (Å²) in [5.41, 5.74) is -1.59. The topological polar surface area (TPSA) is 102 Å². The van der Waals surface area contributed by atoms with E-state index in [4.69, 9.17) is 4.74 Å². The van der Waals surface area contributed by atoms with Crippen molar-refractivity contribution in [3.63, 3.8) is 0 Å². The maximum Gasteiger partial charge on any atom is 0.334 e. The van der Waals surface area contributed by atoms with Gasteiger partial charge in [-0.15, -0.1) is 0 Å². The second kappa shape index (κ2) is 9.91. The van der Waals surface area contributed by atoms with Crippen LogP contribution in [-0.4, -0.2) is 49.2 Å². The second-order valence-corrected chi connectivity index (χ2v) is 12.5. The van der Waals surface area contributed by atoms with Crippen molar-refractivity contribution in [3.05, 3.63) is 48.1 Å². The van der Waals surface area contributed by atoms with Crippen molar-refractivity contribution in [1.29, 1.82) is 0 Å². The zero-order valence-corrected chi connectivity index (χ0v) is 22.8. The fourth-order valence-corrected chi connectivity index (χ4v) is 8.76. The SMILES string of the molecule is COc1cn(-c2nc3c(n(C4CC5CCCC(C4)N5C4CC5CCCC(C5)C4)c2=O)=CCCC=3)c(=O)[nH]c1=O.